The number of allylic oxidation sites excluding steroid dienone is 1. The quantitative estimate of drug-likeness (QED) is 0.329. The van der Waals surface area contributed by atoms with Crippen LogP contribution in [0.2, 0.25) is 0 Å². The van der Waals surface area contributed by atoms with Gasteiger partial charge in [-0.2, -0.15) is 15.4 Å². The lowest BCUT2D eigenvalue weighted by molar-refractivity contribution is -0.155. The molecule has 2 aliphatic heterocycles. The summed E-state index contributed by atoms with van der Waals surface area (Å²) in [5.41, 5.74) is 4.29. The molecule has 1 saturated heterocycles. The number of amides is 2. The van der Waals surface area contributed by atoms with Gasteiger partial charge in [0, 0.05) is 36.8 Å². The number of aliphatic carboxylic acids is 1. The van der Waals surface area contributed by atoms with E-state index in [9.17, 15) is 14.7 Å². The molecule has 5 rings (SSSR count). The number of carbonyl (C=O) groups is 2. The minimum atomic E-state index is -1.44. The van der Waals surface area contributed by atoms with Crippen LogP contribution in [-0.4, -0.2) is 69.1 Å². The molecule has 4 heterocycles. The average Bonchev–Trinajstić information content (AvgIpc) is 3.53. The molecule has 1 fully saturated rings. The fraction of sp³-hybridized carbons (Fsp3) is 0.417. The van der Waals surface area contributed by atoms with Gasteiger partial charge >= 0.3 is 12.0 Å². The van der Waals surface area contributed by atoms with E-state index in [1.807, 2.05) is 37.1 Å². The summed E-state index contributed by atoms with van der Waals surface area (Å²) in [6.07, 6.45) is 5.55. The first-order chi connectivity index (χ1) is 17.8. The Kier molecular flexibility index (Phi) is 6.42. The molecule has 5 N–H and O–H groups in total. The van der Waals surface area contributed by atoms with Crippen molar-refractivity contribution in [2.24, 2.45) is 16.3 Å². The van der Waals surface area contributed by atoms with Crippen LogP contribution < -0.4 is 20.9 Å². The summed E-state index contributed by atoms with van der Waals surface area (Å²) in [6.45, 7) is 6.71. The number of thiazole rings is 1. The Morgan fingerprint density at radius 1 is 1.32 bits per heavy atom. The van der Waals surface area contributed by atoms with Gasteiger partial charge in [0.1, 0.15) is 5.69 Å². The second kappa shape index (κ2) is 9.56. The number of piperidine rings is 1. The molecule has 12 nitrogen and oxygen atoms in total. The van der Waals surface area contributed by atoms with Crippen LogP contribution >= 0.6 is 11.3 Å². The first kappa shape index (κ1) is 24.8. The Morgan fingerprint density at radius 2 is 2.16 bits per heavy atom. The number of aryl methyl sites for hydroxylation is 1. The van der Waals surface area contributed by atoms with E-state index in [2.05, 4.69) is 36.3 Å². The summed E-state index contributed by atoms with van der Waals surface area (Å²) in [7, 11) is 0. The minimum absolute atomic E-state index is 0.338. The van der Waals surface area contributed by atoms with Crippen LogP contribution in [0.5, 0.6) is 0 Å². The number of aromatic nitrogens is 4. The number of hydrogen-bond acceptors (Lipinski definition) is 9. The van der Waals surface area contributed by atoms with Gasteiger partial charge in [0.15, 0.2) is 0 Å². The van der Waals surface area contributed by atoms with Crippen LogP contribution in [0, 0.1) is 18.3 Å². The molecule has 37 heavy (non-hydrogen) atoms. The van der Waals surface area contributed by atoms with Gasteiger partial charge in [-0.25, -0.2) is 14.8 Å². The van der Waals surface area contributed by atoms with Gasteiger partial charge in [0.05, 0.1) is 32.8 Å². The number of benzene rings is 1. The van der Waals surface area contributed by atoms with Gasteiger partial charge in [0.2, 0.25) is 5.79 Å². The van der Waals surface area contributed by atoms with Crippen molar-refractivity contribution in [3.05, 3.63) is 35.6 Å². The Bertz CT molecular complexity index is 1400. The zero-order valence-electron chi connectivity index (χ0n) is 20.8. The maximum Gasteiger partial charge on any atom is 0.318 e. The first-order valence-electron chi connectivity index (χ1n) is 12.1. The fourth-order valence-electron chi connectivity index (χ4n) is 5.19. The van der Waals surface area contributed by atoms with Crippen molar-refractivity contribution in [2.45, 2.75) is 33.0 Å². The smallest absolute Gasteiger partial charge is 0.318 e. The molecule has 13 heteroatoms. The molecule has 194 valence electrons. The lowest BCUT2D eigenvalue weighted by Crippen LogP contribution is -2.71. The third kappa shape index (κ3) is 4.13. The van der Waals surface area contributed by atoms with Crippen LogP contribution in [0.1, 0.15) is 26.0 Å². The maximum absolute atomic E-state index is 13.0. The number of H-pyrrole nitrogens is 1. The number of carbonyl (C=O) groups excluding carboxylic acids is 1. The molecule has 2 aliphatic rings. The van der Waals surface area contributed by atoms with E-state index >= 15 is 0 Å². The third-order valence-corrected chi connectivity index (χ3v) is 8.06. The number of anilines is 1. The predicted molar refractivity (Wildman–Crippen MR) is 142 cm³/mol. The summed E-state index contributed by atoms with van der Waals surface area (Å²) < 4.78 is 0.947. The zero-order chi connectivity index (χ0) is 26.2. The molecular weight excluding hydrogens is 494 g/mol. The number of carboxylic acids is 1. The van der Waals surface area contributed by atoms with Gasteiger partial charge in [-0.3, -0.25) is 10.1 Å². The zero-order valence-corrected chi connectivity index (χ0v) is 21.6. The topological polar surface area (TPSA) is 161 Å². The number of carboxylic acid groups (broad SMARTS) is 1. The fourth-order valence-corrected chi connectivity index (χ4v) is 5.98. The summed E-state index contributed by atoms with van der Waals surface area (Å²) in [5.74, 6) is -3.00. The lowest BCUT2D eigenvalue weighted by atomic mass is 9.68. The standard InChI is InChI=1S/C24H29N9O3S/c1-4-26-22(36)29-24(18-12-25-8-6-23(18,3)21(34)35)28-7-5-9-33(24)15-10-16(19-14(2)30-32-31-19)20-17(11-15)27-13-37-20/h5,7,9-11,13,18,25H,4,6,8,12H2,1-3H3,(H,34,35)(H2,26,29,36)(H,30,31,32). The molecule has 0 spiro atoms. The van der Waals surface area contributed by atoms with Crippen molar-refractivity contribution >= 4 is 45.5 Å². The molecule has 0 saturated carbocycles. The highest BCUT2D eigenvalue weighted by molar-refractivity contribution is 7.17. The number of nitrogens with zero attached hydrogens (tertiary/aromatic N) is 5. The molecular formula is C24H29N9O3S. The predicted octanol–water partition coefficient (Wildman–Crippen LogP) is 2.47. The van der Waals surface area contributed by atoms with Gasteiger partial charge in [-0.05, 0) is 51.9 Å². The van der Waals surface area contributed by atoms with Gasteiger partial charge in [0.25, 0.3) is 0 Å². The molecule has 0 radical (unpaired) electrons. The number of rotatable bonds is 6. The van der Waals surface area contributed by atoms with E-state index < -0.39 is 29.1 Å². The Morgan fingerprint density at radius 3 is 2.89 bits per heavy atom. The highest BCUT2D eigenvalue weighted by Crippen LogP contribution is 2.46. The number of nitrogens with one attached hydrogen (secondary N) is 4. The number of hydrogen-bond donors (Lipinski definition) is 5. The molecule has 0 aliphatic carbocycles. The largest absolute Gasteiger partial charge is 0.481 e. The van der Waals surface area contributed by atoms with Crippen molar-refractivity contribution in [1.82, 2.24) is 36.3 Å². The highest BCUT2D eigenvalue weighted by Gasteiger charge is 2.57. The molecule has 3 unspecified atom stereocenters. The monoisotopic (exact) mass is 523 g/mol. The molecule has 3 atom stereocenters. The molecule has 2 amide bonds. The van der Waals surface area contributed by atoms with Crippen LogP contribution in [0.4, 0.5) is 10.5 Å². The van der Waals surface area contributed by atoms with E-state index in [0.717, 1.165) is 21.5 Å². The van der Waals surface area contributed by atoms with Gasteiger partial charge in [-0.15, -0.1) is 11.3 Å². The van der Waals surface area contributed by atoms with Crippen LogP contribution in [0.25, 0.3) is 21.5 Å². The number of urea groups is 1. The van der Waals surface area contributed by atoms with E-state index in [1.165, 1.54) is 11.3 Å². The lowest BCUT2D eigenvalue weighted by Gasteiger charge is -2.52. The Hall–Kier alpha value is -3.84. The second-order valence-electron chi connectivity index (χ2n) is 9.38. The maximum atomic E-state index is 13.0. The van der Waals surface area contributed by atoms with E-state index in [-0.39, 0.29) is 0 Å². The van der Waals surface area contributed by atoms with Crippen molar-refractivity contribution in [3.63, 3.8) is 0 Å². The van der Waals surface area contributed by atoms with Crippen molar-refractivity contribution in [1.29, 1.82) is 0 Å². The Balaban J connectivity index is 1.72. The number of aromatic amines is 1. The number of aliphatic imine (C=N–C) groups is 1. The Labute approximate surface area is 217 Å². The second-order valence-corrected chi connectivity index (χ2v) is 10.2. The van der Waals surface area contributed by atoms with Gasteiger partial charge < -0.3 is 20.6 Å². The van der Waals surface area contributed by atoms with Crippen LogP contribution in [0.15, 0.2) is 34.9 Å². The molecule has 1 aromatic carbocycles. The van der Waals surface area contributed by atoms with Crippen molar-refractivity contribution < 1.29 is 14.7 Å². The average molecular weight is 524 g/mol. The first-order valence-corrected chi connectivity index (χ1v) is 12.9. The molecule has 0 bridgehead atoms. The van der Waals surface area contributed by atoms with E-state index in [0.29, 0.717) is 37.4 Å². The van der Waals surface area contributed by atoms with E-state index in [1.54, 1.807) is 24.7 Å². The summed E-state index contributed by atoms with van der Waals surface area (Å²) in [4.78, 5) is 36.9. The van der Waals surface area contributed by atoms with E-state index in [4.69, 9.17) is 4.99 Å². The van der Waals surface area contributed by atoms with Gasteiger partial charge in [-0.1, -0.05) is 0 Å². The van der Waals surface area contributed by atoms with Crippen molar-refractivity contribution in [3.8, 4) is 11.3 Å². The highest BCUT2D eigenvalue weighted by atomic mass is 32.1. The third-order valence-electron chi connectivity index (χ3n) is 7.18. The van der Waals surface area contributed by atoms with Crippen LogP contribution in [-0.2, 0) is 4.79 Å². The SMILES string of the molecule is CCNC(=O)NC1(C2CNCCC2(C)C(=O)O)N=CC=CN1c1cc(-c2n[nH]nc2C)c2scnc2c1. The minimum Gasteiger partial charge on any atom is -0.481 e. The molecule has 2 aromatic heterocycles. The summed E-state index contributed by atoms with van der Waals surface area (Å²) >= 11 is 1.50. The van der Waals surface area contributed by atoms with Crippen LogP contribution in [0.3, 0.4) is 0 Å². The normalized spacial score (nSPS) is 25.4. The summed E-state index contributed by atoms with van der Waals surface area (Å²) in [5, 5.41) is 30.7. The molecule has 3 aromatic rings. The summed E-state index contributed by atoms with van der Waals surface area (Å²) in [6, 6.07) is 3.43. The van der Waals surface area contributed by atoms with Crippen molar-refractivity contribution in [2.75, 3.05) is 24.5 Å². The number of fused-ring (bicyclic) bond motifs is 1.